The fourth-order valence-electron chi connectivity index (χ4n) is 2.68. The van der Waals surface area contributed by atoms with Crippen LogP contribution in [0.3, 0.4) is 0 Å². The summed E-state index contributed by atoms with van der Waals surface area (Å²) in [5.41, 5.74) is -1.96. The van der Waals surface area contributed by atoms with Crippen LogP contribution in [0.4, 0.5) is 0 Å². The van der Waals surface area contributed by atoms with Gasteiger partial charge in [0.05, 0.1) is 11.0 Å². The van der Waals surface area contributed by atoms with Crippen molar-refractivity contribution in [1.29, 1.82) is 0 Å². The maximum atomic E-state index is 12.2. The van der Waals surface area contributed by atoms with Crippen LogP contribution in [0.2, 0.25) is 0 Å². The number of aliphatic hydroxyl groups is 1. The highest BCUT2D eigenvalue weighted by molar-refractivity contribution is 5.82. The minimum atomic E-state index is -0.861. The average Bonchev–Trinajstić information content (AvgIpc) is 2.96. The molecule has 0 bridgehead atoms. The van der Waals surface area contributed by atoms with Crippen LogP contribution >= 0.6 is 0 Å². The molecule has 2 fully saturated rings. The highest BCUT2D eigenvalue weighted by Gasteiger charge is 2.65. The molecular weight excluding hydrogens is 218 g/mol. The van der Waals surface area contributed by atoms with Crippen LogP contribution in [0.25, 0.3) is 0 Å². The Balaban J connectivity index is 2.10. The van der Waals surface area contributed by atoms with Crippen LogP contribution < -0.4 is 5.32 Å². The molecule has 0 radical (unpaired) electrons. The van der Waals surface area contributed by atoms with Crippen LogP contribution in [0, 0.1) is 5.41 Å². The third-order valence-electron chi connectivity index (χ3n) is 3.86. The van der Waals surface area contributed by atoms with Gasteiger partial charge in [0.1, 0.15) is 5.60 Å². The topological polar surface area (TPSA) is 58.6 Å². The van der Waals surface area contributed by atoms with Crippen LogP contribution in [0.15, 0.2) is 0 Å². The van der Waals surface area contributed by atoms with Crippen molar-refractivity contribution in [2.45, 2.75) is 57.7 Å². The maximum absolute atomic E-state index is 12.2. The van der Waals surface area contributed by atoms with E-state index < -0.39 is 16.6 Å². The lowest BCUT2D eigenvalue weighted by Crippen LogP contribution is -2.52. The normalized spacial score (nSPS) is 26.4. The van der Waals surface area contributed by atoms with E-state index in [1.807, 2.05) is 20.8 Å². The molecule has 2 rings (SSSR count). The number of hydrogen-bond donors (Lipinski definition) is 2. The summed E-state index contributed by atoms with van der Waals surface area (Å²) in [7, 11) is 0. The van der Waals surface area contributed by atoms with Crippen molar-refractivity contribution in [3.8, 4) is 0 Å². The number of carbonyl (C=O) groups is 1. The number of carbonyl (C=O) groups excluding carboxylic acids is 1. The van der Waals surface area contributed by atoms with Crippen molar-refractivity contribution >= 4 is 5.97 Å². The molecule has 4 nitrogen and oxygen atoms in total. The molecule has 1 saturated heterocycles. The molecule has 2 N–H and O–H groups in total. The Labute approximate surface area is 103 Å². The first-order valence-corrected chi connectivity index (χ1v) is 6.46. The Morgan fingerprint density at radius 2 is 1.71 bits per heavy atom. The Morgan fingerprint density at radius 3 is 2.12 bits per heavy atom. The molecule has 2 aliphatic rings. The van der Waals surface area contributed by atoms with Gasteiger partial charge in [0.2, 0.25) is 0 Å². The van der Waals surface area contributed by atoms with Gasteiger partial charge < -0.3 is 15.2 Å². The van der Waals surface area contributed by atoms with E-state index in [1.54, 1.807) is 0 Å². The fraction of sp³-hybridized carbons (Fsp3) is 0.923. The summed E-state index contributed by atoms with van der Waals surface area (Å²) in [4.78, 5) is 12.2. The Hall–Kier alpha value is -0.610. The summed E-state index contributed by atoms with van der Waals surface area (Å²) < 4.78 is 5.46. The number of piperidine rings is 1. The van der Waals surface area contributed by atoms with Gasteiger partial charge in [-0.25, -0.2) is 0 Å². The Bertz CT molecular complexity index is 309. The zero-order valence-electron chi connectivity index (χ0n) is 11.0. The quantitative estimate of drug-likeness (QED) is 0.714. The highest BCUT2D eigenvalue weighted by atomic mass is 16.6. The molecule has 1 saturated carbocycles. The second kappa shape index (κ2) is 3.95. The molecule has 0 unspecified atom stereocenters. The van der Waals surface area contributed by atoms with Crippen molar-refractivity contribution in [2.24, 2.45) is 5.41 Å². The summed E-state index contributed by atoms with van der Waals surface area (Å²) >= 11 is 0. The van der Waals surface area contributed by atoms with Crippen molar-refractivity contribution in [2.75, 3.05) is 13.1 Å². The van der Waals surface area contributed by atoms with E-state index in [0.29, 0.717) is 12.8 Å². The first-order chi connectivity index (χ1) is 7.79. The molecule has 4 heteroatoms. The molecule has 98 valence electrons. The van der Waals surface area contributed by atoms with E-state index >= 15 is 0 Å². The molecule has 0 aromatic carbocycles. The molecule has 1 aliphatic carbocycles. The molecule has 0 aromatic rings. The van der Waals surface area contributed by atoms with Gasteiger partial charge in [-0.05, 0) is 59.5 Å². The lowest BCUT2D eigenvalue weighted by molar-refractivity contribution is -0.176. The predicted molar refractivity (Wildman–Crippen MR) is 64.6 cm³/mol. The van der Waals surface area contributed by atoms with E-state index in [9.17, 15) is 9.90 Å². The largest absolute Gasteiger partial charge is 0.459 e. The summed E-state index contributed by atoms with van der Waals surface area (Å²) in [5.74, 6) is -0.214. The number of hydrogen-bond acceptors (Lipinski definition) is 4. The zero-order chi connectivity index (χ0) is 12.7. The van der Waals surface area contributed by atoms with E-state index in [1.165, 1.54) is 0 Å². The number of esters is 1. The van der Waals surface area contributed by atoms with Gasteiger partial charge in [-0.15, -0.1) is 0 Å². The molecular formula is C13H23NO3. The lowest BCUT2D eigenvalue weighted by Gasteiger charge is -2.39. The number of ether oxygens (including phenoxy) is 1. The van der Waals surface area contributed by atoms with Crippen molar-refractivity contribution in [3.05, 3.63) is 0 Å². The summed E-state index contributed by atoms with van der Waals surface area (Å²) in [6.45, 7) is 7.16. The van der Waals surface area contributed by atoms with Crippen LogP contribution in [0.1, 0.15) is 46.5 Å². The number of nitrogens with one attached hydrogen (secondary N) is 1. The van der Waals surface area contributed by atoms with Crippen molar-refractivity contribution in [1.82, 2.24) is 5.32 Å². The van der Waals surface area contributed by atoms with Crippen LogP contribution in [-0.4, -0.2) is 35.4 Å². The Morgan fingerprint density at radius 1 is 1.18 bits per heavy atom. The van der Waals surface area contributed by atoms with Crippen molar-refractivity contribution < 1.29 is 14.6 Å². The van der Waals surface area contributed by atoms with Gasteiger partial charge in [-0.3, -0.25) is 4.79 Å². The predicted octanol–water partition coefficient (Wildman–Crippen LogP) is 1.22. The highest BCUT2D eigenvalue weighted by Crippen LogP contribution is 2.58. The first-order valence-electron chi connectivity index (χ1n) is 6.46. The van der Waals surface area contributed by atoms with Gasteiger partial charge in [0.25, 0.3) is 0 Å². The second-order valence-electron chi connectivity index (χ2n) is 6.37. The van der Waals surface area contributed by atoms with Crippen molar-refractivity contribution in [3.63, 3.8) is 0 Å². The SMILES string of the molecule is CC(C)(C)OC(=O)C1(C2(O)CCNCC2)CC1. The third kappa shape index (κ3) is 2.33. The third-order valence-corrected chi connectivity index (χ3v) is 3.86. The molecule has 0 aromatic heterocycles. The fourth-order valence-corrected chi connectivity index (χ4v) is 2.68. The van der Waals surface area contributed by atoms with E-state index in [4.69, 9.17) is 4.74 Å². The molecule has 0 atom stereocenters. The zero-order valence-corrected chi connectivity index (χ0v) is 11.0. The summed E-state index contributed by atoms with van der Waals surface area (Å²) in [5, 5.41) is 13.9. The molecule has 1 heterocycles. The average molecular weight is 241 g/mol. The maximum Gasteiger partial charge on any atom is 0.315 e. The van der Waals surface area contributed by atoms with E-state index in [2.05, 4.69) is 5.32 Å². The molecule has 0 amide bonds. The van der Waals surface area contributed by atoms with Gasteiger partial charge in [-0.1, -0.05) is 0 Å². The first kappa shape index (κ1) is 12.8. The molecule has 17 heavy (non-hydrogen) atoms. The minimum Gasteiger partial charge on any atom is -0.459 e. The Kier molecular flexibility index (Phi) is 2.99. The summed E-state index contributed by atoms with van der Waals surface area (Å²) in [6.07, 6.45) is 2.81. The van der Waals surface area contributed by atoms with Gasteiger partial charge >= 0.3 is 5.97 Å². The van der Waals surface area contributed by atoms with Gasteiger partial charge in [-0.2, -0.15) is 0 Å². The summed E-state index contributed by atoms with van der Waals surface area (Å²) in [6, 6.07) is 0. The van der Waals surface area contributed by atoms with Crippen LogP contribution in [0.5, 0.6) is 0 Å². The van der Waals surface area contributed by atoms with E-state index in [0.717, 1.165) is 25.9 Å². The van der Waals surface area contributed by atoms with E-state index in [-0.39, 0.29) is 5.97 Å². The second-order valence-corrected chi connectivity index (χ2v) is 6.37. The standard InChI is InChI=1S/C13H23NO3/c1-11(2,3)17-10(15)12(4-5-12)13(16)6-8-14-9-7-13/h14,16H,4-9H2,1-3H3. The van der Waals surface area contributed by atoms with Crippen LogP contribution in [-0.2, 0) is 9.53 Å². The molecule has 1 aliphatic heterocycles. The lowest BCUT2D eigenvalue weighted by atomic mass is 9.77. The monoisotopic (exact) mass is 241 g/mol. The van der Waals surface area contributed by atoms with Gasteiger partial charge in [0.15, 0.2) is 0 Å². The smallest absolute Gasteiger partial charge is 0.315 e. The number of rotatable bonds is 2. The molecule has 0 spiro atoms. The minimum absolute atomic E-state index is 0.214. The van der Waals surface area contributed by atoms with Gasteiger partial charge in [0, 0.05) is 0 Å².